The van der Waals surface area contributed by atoms with Gasteiger partial charge in [-0.05, 0) is 6.92 Å². The molecule has 1 unspecified atom stereocenters. The summed E-state index contributed by atoms with van der Waals surface area (Å²) in [5.74, 6) is -1.89. The molecule has 0 rings (SSSR count). The van der Waals surface area contributed by atoms with E-state index in [2.05, 4.69) is 13.2 Å². The van der Waals surface area contributed by atoms with Gasteiger partial charge in [0.2, 0.25) is 0 Å². The second-order valence-corrected chi connectivity index (χ2v) is 6.60. The lowest BCUT2D eigenvalue weighted by Gasteiger charge is -2.20. The average molecular weight is 286 g/mol. The van der Waals surface area contributed by atoms with Gasteiger partial charge in [-0.3, -0.25) is 4.57 Å². The van der Waals surface area contributed by atoms with Crippen molar-refractivity contribution in [3.8, 4) is 0 Å². The molecular weight excluding hydrogens is 276 g/mol. The van der Waals surface area contributed by atoms with E-state index >= 15 is 0 Å². The Balaban J connectivity index is 4.97. The van der Waals surface area contributed by atoms with Crippen LogP contribution < -0.4 is 0 Å². The van der Waals surface area contributed by atoms with E-state index in [1.165, 1.54) is 0 Å². The van der Waals surface area contributed by atoms with Crippen molar-refractivity contribution in [3.05, 3.63) is 0 Å². The minimum atomic E-state index is -5.83. The summed E-state index contributed by atoms with van der Waals surface area (Å²) in [7, 11) is -8.09. The average Bonchev–Trinajstić information content (AvgIpc) is 2.14. The van der Waals surface area contributed by atoms with Gasteiger partial charge < -0.3 is 9.05 Å². The summed E-state index contributed by atoms with van der Waals surface area (Å²) in [6, 6.07) is 0. The van der Waals surface area contributed by atoms with E-state index in [-0.39, 0.29) is 0 Å². The van der Waals surface area contributed by atoms with Crippen LogP contribution in [-0.4, -0.2) is 34.0 Å². The normalized spacial score (nSPS) is 16.1. The predicted molar refractivity (Wildman–Crippen MR) is 47.1 cm³/mol. The van der Waals surface area contributed by atoms with Crippen LogP contribution in [0.4, 0.5) is 13.2 Å². The lowest BCUT2D eigenvalue weighted by molar-refractivity contribution is -0.0553. The molecule has 6 nitrogen and oxygen atoms in total. The standard InChI is InChI=1S/C5H10F3O6PS/c1-4(15(9,12-2)13-3)14-16(10,11)5(6,7)8/h4H,1-3H3. The molecule has 0 aromatic carbocycles. The highest BCUT2D eigenvalue weighted by Gasteiger charge is 2.50. The zero-order chi connectivity index (χ0) is 13.2. The van der Waals surface area contributed by atoms with Crippen molar-refractivity contribution in [1.29, 1.82) is 0 Å². The van der Waals surface area contributed by atoms with Gasteiger partial charge in [-0.15, -0.1) is 0 Å². The molecule has 0 spiro atoms. The highest BCUT2D eigenvalue weighted by Crippen LogP contribution is 2.52. The van der Waals surface area contributed by atoms with Gasteiger partial charge in [0.25, 0.3) is 0 Å². The lowest BCUT2D eigenvalue weighted by atomic mass is 10.9. The van der Waals surface area contributed by atoms with Crippen LogP contribution in [0, 0.1) is 0 Å². The van der Waals surface area contributed by atoms with Gasteiger partial charge in [0, 0.05) is 14.2 Å². The quantitative estimate of drug-likeness (QED) is 0.434. The van der Waals surface area contributed by atoms with E-state index in [0.29, 0.717) is 0 Å². The Morgan fingerprint density at radius 3 is 1.81 bits per heavy atom. The molecule has 0 aromatic rings. The van der Waals surface area contributed by atoms with Crippen LogP contribution in [0.5, 0.6) is 0 Å². The van der Waals surface area contributed by atoms with Gasteiger partial charge in [-0.25, -0.2) is 4.18 Å². The summed E-state index contributed by atoms with van der Waals surface area (Å²) in [6.07, 6.45) is 0. The third-order valence-corrected chi connectivity index (χ3v) is 4.77. The fourth-order valence-corrected chi connectivity index (χ4v) is 2.64. The van der Waals surface area contributed by atoms with Crippen LogP contribution in [0.2, 0.25) is 0 Å². The maximum atomic E-state index is 11.9. The Kier molecular flexibility index (Phi) is 4.96. The van der Waals surface area contributed by atoms with Crippen molar-refractivity contribution < 1.29 is 39.4 Å². The number of rotatable bonds is 5. The summed E-state index contributed by atoms with van der Waals surface area (Å²) in [5.41, 5.74) is -5.59. The van der Waals surface area contributed by atoms with Crippen molar-refractivity contribution in [2.45, 2.75) is 18.3 Å². The third kappa shape index (κ3) is 3.42. The second kappa shape index (κ2) is 5.01. The van der Waals surface area contributed by atoms with Crippen LogP contribution in [0.3, 0.4) is 0 Å². The molecule has 0 N–H and O–H groups in total. The fourth-order valence-electron chi connectivity index (χ4n) is 0.662. The maximum absolute atomic E-state index is 11.9. The van der Waals surface area contributed by atoms with Crippen LogP contribution >= 0.6 is 7.60 Å². The largest absolute Gasteiger partial charge is 0.523 e. The molecule has 0 heterocycles. The number of hydrogen-bond donors (Lipinski definition) is 0. The predicted octanol–water partition coefficient (Wildman–Crippen LogP) is 1.68. The van der Waals surface area contributed by atoms with Gasteiger partial charge >= 0.3 is 23.2 Å². The molecule has 0 saturated heterocycles. The Morgan fingerprint density at radius 1 is 1.19 bits per heavy atom. The van der Waals surface area contributed by atoms with Crippen molar-refractivity contribution in [2.24, 2.45) is 0 Å². The van der Waals surface area contributed by atoms with Gasteiger partial charge in [0.1, 0.15) is 0 Å². The Hall–Kier alpha value is -0.150. The van der Waals surface area contributed by atoms with Gasteiger partial charge in [0.15, 0.2) is 5.85 Å². The van der Waals surface area contributed by atoms with Crippen molar-refractivity contribution in [1.82, 2.24) is 0 Å². The summed E-state index contributed by atoms with van der Waals surface area (Å²) in [4.78, 5) is 0. The Labute approximate surface area is 90.3 Å². The molecule has 0 aliphatic heterocycles. The third-order valence-electron chi connectivity index (χ3n) is 1.50. The molecule has 11 heteroatoms. The van der Waals surface area contributed by atoms with Crippen molar-refractivity contribution >= 4 is 17.7 Å². The molecule has 0 amide bonds. The minimum Gasteiger partial charge on any atom is -0.310 e. The van der Waals surface area contributed by atoms with E-state index in [1.807, 2.05) is 0 Å². The molecule has 98 valence electrons. The van der Waals surface area contributed by atoms with Crippen LogP contribution in [0.15, 0.2) is 0 Å². The molecule has 0 aromatic heterocycles. The Bertz CT molecular complexity index is 368. The number of alkyl halides is 3. The highest BCUT2D eigenvalue weighted by molar-refractivity contribution is 7.87. The first-order valence-electron chi connectivity index (χ1n) is 3.71. The van der Waals surface area contributed by atoms with E-state index in [4.69, 9.17) is 0 Å². The van der Waals surface area contributed by atoms with Crippen LogP contribution in [-0.2, 0) is 27.9 Å². The van der Waals surface area contributed by atoms with E-state index in [0.717, 1.165) is 21.1 Å². The zero-order valence-electron chi connectivity index (χ0n) is 8.52. The highest BCUT2D eigenvalue weighted by atomic mass is 32.2. The monoisotopic (exact) mass is 286 g/mol. The number of hydrogen-bond acceptors (Lipinski definition) is 6. The SMILES string of the molecule is COP(=O)(OC)C(C)OS(=O)(=O)C(F)(F)F. The summed E-state index contributed by atoms with van der Waals surface area (Å²) in [5, 5.41) is 0. The first-order chi connectivity index (χ1) is 7.00. The maximum Gasteiger partial charge on any atom is 0.523 e. The second-order valence-electron chi connectivity index (χ2n) is 2.50. The van der Waals surface area contributed by atoms with Gasteiger partial charge in [-0.1, -0.05) is 0 Å². The smallest absolute Gasteiger partial charge is 0.310 e. The van der Waals surface area contributed by atoms with E-state index < -0.39 is 29.1 Å². The first kappa shape index (κ1) is 15.9. The van der Waals surface area contributed by atoms with Gasteiger partial charge in [-0.2, -0.15) is 21.6 Å². The summed E-state index contributed by atoms with van der Waals surface area (Å²) < 4.78 is 80.5. The molecular formula is C5H10F3O6PS. The summed E-state index contributed by atoms with van der Waals surface area (Å²) >= 11 is 0. The zero-order valence-corrected chi connectivity index (χ0v) is 10.2. The number of halogens is 3. The molecule has 0 radical (unpaired) electrons. The molecule has 16 heavy (non-hydrogen) atoms. The van der Waals surface area contributed by atoms with Crippen molar-refractivity contribution in [2.75, 3.05) is 14.2 Å². The molecule has 0 bridgehead atoms. The molecule has 0 aliphatic carbocycles. The lowest BCUT2D eigenvalue weighted by Crippen LogP contribution is -2.29. The van der Waals surface area contributed by atoms with E-state index in [9.17, 15) is 26.2 Å². The molecule has 0 aliphatic rings. The van der Waals surface area contributed by atoms with E-state index in [1.54, 1.807) is 0 Å². The molecule has 1 atom stereocenters. The van der Waals surface area contributed by atoms with Crippen molar-refractivity contribution in [3.63, 3.8) is 0 Å². The molecule has 0 fully saturated rings. The molecule has 0 saturated carbocycles. The fraction of sp³-hybridized carbons (Fsp3) is 1.00. The first-order valence-corrected chi connectivity index (χ1v) is 6.73. The van der Waals surface area contributed by atoms with Crippen LogP contribution in [0.1, 0.15) is 6.92 Å². The van der Waals surface area contributed by atoms with Gasteiger partial charge in [0.05, 0.1) is 0 Å². The summed E-state index contributed by atoms with van der Waals surface area (Å²) in [6.45, 7) is 0.830. The Morgan fingerprint density at radius 2 is 1.56 bits per heavy atom. The minimum absolute atomic E-state index is 0.830. The topological polar surface area (TPSA) is 78.9 Å². The van der Waals surface area contributed by atoms with Crippen LogP contribution in [0.25, 0.3) is 0 Å².